The summed E-state index contributed by atoms with van der Waals surface area (Å²) in [6.45, 7) is 6.34. The van der Waals surface area contributed by atoms with Crippen LogP contribution in [0.5, 0.6) is 0 Å². The van der Waals surface area contributed by atoms with E-state index in [1.165, 1.54) is 4.90 Å². The monoisotopic (exact) mass is 448 g/mol. The summed E-state index contributed by atoms with van der Waals surface area (Å²) in [5.41, 5.74) is 0.858. The molecule has 0 bridgehead atoms. The number of aromatic nitrogens is 2. The molecule has 0 aliphatic rings. The Bertz CT molecular complexity index is 639. The van der Waals surface area contributed by atoms with Crippen molar-refractivity contribution < 1.29 is 0 Å². The van der Waals surface area contributed by atoms with Crippen LogP contribution in [0.2, 0.25) is 5.15 Å². The number of halogens is 3. The lowest BCUT2D eigenvalue weighted by Gasteiger charge is -2.20. The predicted octanol–water partition coefficient (Wildman–Crippen LogP) is 6.24. The predicted molar refractivity (Wildman–Crippen MR) is 97.1 cm³/mol. The van der Waals surface area contributed by atoms with E-state index >= 15 is 0 Å². The molecule has 112 valence electrons. The molecule has 0 radical (unpaired) electrons. The highest BCUT2D eigenvalue weighted by molar-refractivity contribution is 9.10. The van der Waals surface area contributed by atoms with Gasteiger partial charge in [-0.25, -0.2) is 9.97 Å². The van der Waals surface area contributed by atoms with E-state index in [1.807, 2.05) is 12.1 Å². The molecule has 0 unspecified atom stereocenters. The van der Waals surface area contributed by atoms with Crippen molar-refractivity contribution >= 4 is 55.2 Å². The first kappa shape index (κ1) is 17.3. The van der Waals surface area contributed by atoms with Gasteiger partial charge in [0.15, 0.2) is 0 Å². The molecule has 0 atom stereocenters. The van der Waals surface area contributed by atoms with E-state index in [0.29, 0.717) is 10.9 Å². The third-order valence-corrected chi connectivity index (χ3v) is 5.54. The summed E-state index contributed by atoms with van der Waals surface area (Å²) in [4.78, 5) is 10.2. The molecular formula is C15H15Br2ClN2S. The van der Waals surface area contributed by atoms with Crippen LogP contribution in [0.1, 0.15) is 32.3 Å². The van der Waals surface area contributed by atoms with Crippen LogP contribution in [0.15, 0.2) is 38.1 Å². The summed E-state index contributed by atoms with van der Waals surface area (Å²) in [5, 5.41) is 0.473. The number of rotatable bonds is 3. The van der Waals surface area contributed by atoms with E-state index in [4.69, 9.17) is 11.6 Å². The molecule has 1 aromatic carbocycles. The quantitative estimate of drug-likeness (QED) is 0.409. The minimum atomic E-state index is -0.0809. The minimum absolute atomic E-state index is 0.0809. The topological polar surface area (TPSA) is 25.8 Å². The fraction of sp³-hybridized carbons (Fsp3) is 0.333. The minimum Gasteiger partial charge on any atom is -0.235 e. The Morgan fingerprint density at radius 1 is 1.10 bits per heavy atom. The maximum absolute atomic E-state index is 6.21. The number of benzene rings is 1. The van der Waals surface area contributed by atoms with Crippen molar-refractivity contribution in [3.05, 3.63) is 49.9 Å². The number of hydrogen-bond donors (Lipinski definition) is 0. The Morgan fingerprint density at radius 3 is 2.29 bits per heavy atom. The second-order valence-electron chi connectivity index (χ2n) is 5.59. The third-order valence-electron chi connectivity index (χ3n) is 2.75. The molecule has 1 heterocycles. The van der Waals surface area contributed by atoms with Crippen LogP contribution in [0.3, 0.4) is 0 Å². The zero-order chi connectivity index (χ0) is 15.6. The summed E-state index contributed by atoms with van der Waals surface area (Å²) in [7, 11) is 0. The van der Waals surface area contributed by atoms with E-state index in [0.717, 1.165) is 20.5 Å². The molecule has 0 aliphatic carbocycles. The van der Waals surface area contributed by atoms with Crippen molar-refractivity contribution in [3.63, 3.8) is 0 Å². The average molecular weight is 451 g/mol. The van der Waals surface area contributed by atoms with E-state index in [2.05, 4.69) is 74.7 Å². The van der Waals surface area contributed by atoms with Gasteiger partial charge in [-0.1, -0.05) is 48.3 Å². The average Bonchev–Trinajstić information content (AvgIpc) is 2.40. The molecule has 2 nitrogen and oxygen atoms in total. The van der Waals surface area contributed by atoms with Gasteiger partial charge in [-0.2, -0.15) is 0 Å². The van der Waals surface area contributed by atoms with Crippen LogP contribution in [0.25, 0.3) is 0 Å². The standard InChI is InChI=1S/C15H15Br2ClN2S/c1-15(2,3)13-12(17)14(18)20-11(19-13)8-21-10-6-4-9(16)5-7-10/h4-7H,8H2,1-3H3. The molecule has 0 saturated carbocycles. The molecule has 21 heavy (non-hydrogen) atoms. The van der Waals surface area contributed by atoms with Crippen LogP contribution < -0.4 is 0 Å². The molecule has 0 spiro atoms. The highest BCUT2D eigenvalue weighted by atomic mass is 79.9. The van der Waals surface area contributed by atoms with Gasteiger partial charge in [0.2, 0.25) is 0 Å². The Hall–Kier alpha value is -0.100. The molecule has 0 aliphatic heterocycles. The first-order valence-corrected chi connectivity index (χ1v) is 9.33. The van der Waals surface area contributed by atoms with E-state index in [-0.39, 0.29) is 5.41 Å². The normalized spacial score (nSPS) is 11.7. The Labute approximate surface area is 151 Å². The van der Waals surface area contributed by atoms with E-state index in [9.17, 15) is 0 Å². The van der Waals surface area contributed by atoms with Crippen molar-refractivity contribution in [2.45, 2.75) is 36.8 Å². The number of nitrogens with zero attached hydrogens (tertiary/aromatic N) is 2. The fourth-order valence-corrected chi connectivity index (χ4v) is 3.68. The first-order valence-electron chi connectivity index (χ1n) is 6.38. The second kappa shape index (κ2) is 6.99. The van der Waals surface area contributed by atoms with Crippen molar-refractivity contribution in [3.8, 4) is 0 Å². The van der Waals surface area contributed by atoms with Crippen molar-refractivity contribution in [2.24, 2.45) is 0 Å². The molecule has 0 amide bonds. The lowest BCUT2D eigenvalue weighted by Crippen LogP contribution is -2.16. The number of thioether (sulfide) groups is 1. The van der Waals surface area contributed by atoms with Gasteiger partial charge in [-0.15, -0.1) is 11.8 Å². The molecule has 0 saturated heterocycles. The summed E-state index contributed by atoms with van der Waals surface area (Å²) >= 11 is 14.8. The summed E-state index contributed by atoms with van der Waals surface area (Å²) in [5.74, 6) is 1.44. The summed E-state index contributed by atoms with van der Waals surface area (Å²) in [6.07, 6.45) is 0. The molecule has 2 aromatic rings. The van der Waals surface area contributed by atoms with Gasteiger partial charge in [-0.3, -0.25) is 0 Å². The highest BCUT2D eigenvalue weighted by Gasteiger charge is 2.22. The summed E-state index contributed by atoms with van der Waals surface area (Å²) < 4.78 is 1.86. The van der Waals surface area contributed by atoms with Gasteiger partial charge < -0.3 is 0 Å². The molecular weight excluding hydrogens is 436 g/mol. The third kappa shape index (κ3) is 4.68. The van der Waals surface area contributed by atoms with Crippen LogP contribution in [-0.4, -0.2) is 9.97 Å². The van der Waals surface area contributed by atoms with Gasteiger partial charge in [-0.05, 0) is 40.2 Å². The molecule has 0 fully saturated rings. The Balaban J connectivity index is 2.21. The number of hydrogen-bond acceptors (Lipinski definition) is 3. The fourth-order valence-electron chi connectivity index (χ4n) is 1.70. The Kier molecular flexibility index (Phi) is 5.74. The van der Waals surface area contributed by atoms with Crippen LogP contribution in [-0.2, 0) is 11.2 Å². The molecule has 0 N–H and O–H groups in total. The van der Waals surface area contributed by atoms with Crippen molar-refractivity contribution in [1.29, 1.82) is 0 Å². The lowest BCUT2D eigenvalue weighted by molar-refractivity contribution is 0.560. The van der Waals surface area contributed by atoms with Gasteiger partial charge in [0.25, 0.3) is 0 Å². The molecule has 2 rings (SSSR count). The first-order chi connectivity index (χ1) is 9.77. The van der Waals surface area contributed by atoms with Crippen molar-refractivity contribution in [1.82, 2.24) is 9.97 Å². The highest BCUT2D eigenvalue weighted by Crippen LogP contribution is 2.33. The van der Waals surface area contributed by atoms with Gasteiger partial charge in [0.05, 0.1) is 15.9 Å². The second-order valence-corrected chi connectivity index (χ2v) is 8.70. The van der Waals surface area contributed by atoms with E-state index < -0.39 is 0 Å². The maximum Gasteiger partial charge on any atom is 0.147 e. The summed E-state index contributed by atoms with van der Waals surface area (Å²) in [6, 6.07) is 8.19. The van der Waals surface area contributed by atoms with E-state index in [1.54, 1.807) is 11.8 Å². The molecule has 1 aromatic heterocycles. The van der Waals surface area contributed by atoms with Gasteiger partial charge in [0.1, 0.15) is 11.0 Å². The maximum atomic E-state index is 6.21. The Morgan fingerprint density at radius 2 is 1.71 bits per heavy atom. The zero-order valence-electron chi connectivity index (χ0n) is 12.0. The van der Waals surface area contributed by atoms with Crippen LogP contribution in [0, 0.1) is 0 Å². The van der Waals surface area contributed by atoms with Crippen LogP contribution >= 0.6 is 55.2 Å². The lowest BCUT2D eigenvalue weighted by atomic mass is 9.92. The van der Waals surface area contributed by atoms with Gasteiger partial charge >= 0.3 is 0 Å². The smallest absolute Gasteiger partial charge is 0.147 e. The van der Waals surface area contributed by atoms with Crippen LogP contribution in [0.4, 0.5) is 0 Å². The molecule has 6 heteroatoms. The SMILES string of the molecule is CC(C)(C)c1nc(CSc2ccc(Br)cc2)nc(Cl)c1Br. The van der Waals surface area contributed by atoms with Crippen molar-refractivity contribution in [2.75, 3.05) is 0 Å². The van der Waals surface area contributed by atoms with Gasteiger partial charge in [0, 0.05) is 14.8 Å². The largest absolute Gasteiger partial charge is 0.235 e. The zero-order valence-corrected chi connectivity index (χ0v) is 16.7.